The van der Waals surface area contributed by atoms with Gasteiger partial charge in [0.25, 0.3) is 0 Å². The number of methoxy groups -OCH3 is 4. The van der Waals surface area contributed by atoms with E-state index in [0.717, 1.165) is 5.56 Å². The number of ether oxygens (including phenoxy) is 4. The van der Waals surface area contributed by atoms with Gasteiger partial charge in [-0.25, -0.2) is 0 Å². The molecule has 8 heteroatoms. The molecule has 0 radical (unpaired) electrons. The second-order valence-electron chi connectivity index (χ2n) is 4.43. The third-order valence-corrected chi connectivity index (χ3v) is 3.06. The van der Waals surface area contributed by atoms with Crippen molar-refractivity contribution < 1.29 is 18.9 Å². The molecule has 1 aromatic rings. The summed E-state index contributed by atoms with van der Waals surface area (Å²) < 4.78 is 21.0. The van der Waals surface area contributed by atoms with Gasteiger partial charge in [-0.1, -0.05) is 6.07 Å². The monoisotopic (exact) mass is 439 g/mol. The standard InChI is InChI=1S/C15H25N3O4.HI/c1-19-10-9-18-15(16)17-8-7-11-5-6-12(20-2)14(22-4)13(11)21-3;/h5-6H,7-10H2,1-4H3,(H3,16,17,18);1H. The number of nitrogens with two attached hydrogens (primary N) is 1. The number of benzene rings is 1. The Kier molecular flexibility index (Phi) is 11.3. The molecule has 0 aliphatic carbocycles. The number of rotatable bonds is 9. The molecule has 0 atom stereocenters. The molecule has 0 fully saturated rings. The Morgan fingerprint density at radius 1 is 1.09 bits per heavy atom. The summed E-state index contributed by atoms with van der Waals surface area (Å²) in [5.74, 6) is 2.29. The van der Waals surface area contributed by atoms with Crippen molar-refractivity contribution in [2.45, 2.75) is 6.42 Å². The summed E-state index contributed by atoms with van der Waals surface area (Å²) in [6.45, 7) is 1.72. The Labute approximate surface area is 154 Å². The van der Waals surface area contributed by atoms with E-state index in [9.17, 15) is 0 Å². The van der Waals surface area contributed by atoms with Crippen LogP contribution in [0.4, 0.5) is 0 Å². The molecule has 0 aliphatic heterocycles. The SMILES string of the molecule is COCCN=C(N)NCCc1ccc(OC)c(OC)c1OC.I. The summed E-state index contributed by atoms with van der Waals surface area (Å²) in [4.78, 5) is 4.13. The lowest BCUT2D eigenvalue weighted by Gasteiger charge is -2.16. The first-order valence-electron chi connectivity index (χ1n) is 6.98. The van der Waals surface area contributed by atoms with E-state index in [1.54, 1.807) is 28.4 Å². The molecule has 3 N–H and O–H groups in total. The van der Waals surface area contributed by atoms with Gasteiger partial charge in [0.2, 0.25) is 5.75 Å². The first-order chi connectivity index (χ1) is 10.7. The van der Waals surface area contributed by atoms with Crippen LogP contribution < -0.4 is 25.3 Å². The number of guanidine groups is 1. The van der Waals surface area contributed by atoms with Crippen LogP contribution in [0.5, 0.6) is 17.2 Å². The van der Waals surface area contributed by atoms with Gasteiger partial charge in [-0.15, -0.1) is 24.0 Å². The molecule has 0 saturated heterocycles. The minimum Gasteiger partial charge on any atom is -0.493 e. The number of hydrogen-bond acceptors (Lipinski definition) is 5. The molecular weight excluding hydrogens is 413 g/mol. The zero-order chi connectivity index (χ0) is 16.4. The fourth-order valence-electron chi connectivity index (χ4n) is 2.00. The largest absolute Gasteiger partial charge is 0.493 e. The first-order valence-corrected chi connectivity index (χ1v) is 6.98. The zero-order valence-electron chi connectivity index (χ0n) is 14.0. The van der Waals surface area contributed by atoms with Crippen LogP contribution in [-0.2, 0) is 11.2 Å². The summed E-state index contributed by atoms with van der Waals surface area (Å²) in [5, 5.41) is 3.05. The molecule has 0 heterocycles. The van der Waals surface area contributed by atoms with Gasteiger partial charge in [0.15, 0.2) is 17.5 Å². The first kappa shape index (κ1) is 21.6. The van der Waals surface area contributed by atoms with E-state index in [1.165, 1.54) is 0 Å². The molecule has 1 rings (SSSR count). The molecule has 0 aliphatic rings. The van der Waals surface area contributed by atoms with Gasteiger partial charge in [-0.05, 0) is 12.5 Å². The predicted octanol–water partition coefficient (Wildman–Crippen LogP) is 1.42. The van der Waals surface area contributed by atoms with Crippen molar-refractivity contribution in [1.29, 1.82) is 0 Å². The van der Waals surface area contributed by atoms with Crippen LogP contribution in [0.2, 0.25) is 0 Å². The average Bonchev–Trinajstić information content (AvgIpc) is 2.54. The van der Waals surface area contributed by atoms with Crippen molar-refractivity contribution in [3.8, 4) is 17.2 Å². The highest BCUT2D eigenvalue weighted by Crippen LogP contribution is 2.39. The van der Waals surface area contributed by atoms with E-state index in [1.807, 2.05) is 12.1 Å². The molecule has 0 aromatic heterocycles. The predicted molar refractivity (Wildman–Crippen MR) is 102 cm³/mol. The number of nitrogens with zero attached hydrogens (tertiary/aromatic N) is 1. The van der Waals surface area contributed by atoms with E-state index in [4.69, 9.17) is 24.7 Å². The van der Waals surface area contributed by atoms with Gasteiger partial charge in [0.1, 0.15) is 0 Å². The Bertz CT molecular complexity index is 498. The third kappa shape index (κ3) is 6.69. The molecule has 0 bridgehead atoms. The Morgan fingerprint density at radius 2 is 1.78 bits per heavy atom. The lowest BCUT2D eigenvalue weighted by atomic mass is 10.1. The van der Waals surface area contributed by atoms with Gasteiger partial charge >= 0.3 is 0 Å². The molecule has 0 amide bonds. The average molecular weight is 439 g/mol. The van der Waals surface area contributed by atoms with Crippen LogP contribution in [0.3, 0.4) is 0 Å². The lowest BCUT2D eigenvalue weighted by molar-refractivity contribution is 0.208. The second kappa shape index (κ2) is 12.1. The number of hydrogen-bond donors (Lipinski definition) is 2. The summed E-state index contributed by atoms with van der Waals surface area (Å²) in [6.07, 6.45) is 0.712. The highest BCUT2D eigenvalue weighted by atomic mass is 127. The highest BCUT2D eigenvalue weighted by Gasteiger charge is 2.15. The van der Waals surface area contributed by atoms with Crippen LogP contribution in [0.1, 0.15) is 5.56 Å². The van der Waals surface area contributed by atoms with Crippen molar-refractivity contribution in [3.63, 3.8) is 0 Å². The van der Waals surface area contributed by atoms with Crippen molar-refractivity contribution in [1.82, 2.24) is 5.32 Å². The zero-order valence-corrected chi connectivity index (χ0v) is 16.4. The normalized spacial score (nSPS) is 10.7. The number of nitrogens with one attached hydrogen (secondary N) is 1. The van der Waals surface area contributed by atoms with E-state index < -0.39 is 0 Å². The van der Waals surface area contributed by atoms with Crippen molar-refractivity contribution in [2.24, 2.45) is 10.7 Å². The molecule has 132 valence electrons. The third-order valence-electron chi connectivity index (χ3n) is 3.06. The molecule has 0 spiro atoms. The second-order valence-corrected chi connectivity index (χ2v) is 4.43. The Balaban J connectivity index is 0.00000484. The smallest absolute Gasteiger partial charge is 0.203 e. The van der Waals surface area contributed by atoms with Crippen LogP contribution >= 0.6 is 24.0 Å². The van der Waals surface area contributed by atoms with Gasteiger partial charge in [-0.2, -0.15) is 0 Å². The van der Waals surface area contributed by atoms with Crippen LogP contribution in [-0.4, -0.2) is 54.1 Å². The van der Waals surface area contributed by atoms with Crippen molar-refractivity contribution >= 4 is 29.9 Å². The minimum absolute atomic E-state index is 0. The van der Waals surface area contributed by atoms with Crippen LogP contribution in [0.15, 0.2) is 17.1 Å². The van der Waals surface area contributed by atoms with E-state index in [2.05, 4.69) is 10.3 Å². The van der Waals surface area contributed by atoms with Gasteiger partial charge in [-0.3, -0.25) is 4.99 Å². The van der Waals surface area contributed by atoms with E-state index >= 15 is 0 Å². The lowest BCUT2D eigenvalue weighted by Crippen LogP contribution is -2.33. The minimum atomic E-state index is 0. The fraction of sp³-hybridized carbons (Fsp3) is 0.533. The van der Waals surface area contributed by atoms with Gasteiger partial charge < -0.3 is 30.0 Å². The quantitative estimate of drug-likeness (QED) is 0.262. The Hall–Kier alpha value is -1.42. The van der Waals surface area contributed by atoms with E-state index in [0.29, 0.717) is 49.3 Å². The summed E-state index contributed by atoms with van der Waals surface area (Å²) in [7, 11) is 6.41. The van der Waals surface area contributed by atoms with Gasteiger partial charge in [0.05, 0.1) is 34.5 Å². The van der Waals surface area contributed by atoms with Crippen molar-refractivity contribution in [2.75, 3.05) is 48.1 Å². The topological polar surface area (TPSA) is 87.3 Å². The fourth-order valence-corrected chi connectivity index (χ4v) is 2.00. The molecule has 23 heavy (non-hydrogen) atoms. The van der Waals surface area contributed by atoms with E-state index in [-0.39, 0.29) is 24.0 Å². The number of aliphatic imine (C=N–C) groups is 1. The summed E-state index contributed by atoms with van der Waals surface area (Å²) in [6, 6.07) is 3.80. The maximum absolute atomic E-state index is 5.76. The van der Waals surface area contributed by atoms with Gasteiger partial charge in [0, 0.05) is 19.2 Å². The van der Waals surface area contributed by atoms with Crippen molar-refractivity contribution in [3.05, 3.63) is 17.7 Å². The maximum atomic E-state index is 5.76. The Morgan fingerprint density at radius 3 is 2.35 bits per heavy atom. The molecule has 0 unspecified atom stereocenters. The highest BCUT2D eigenvalue weighted by molar-refractivity contribution is 14.0. The number of halogens is 1. The van der Waals surface area contributed by atoms with Crippen LogP contribution in [0.25, 0.3) is 0 Å². The molecule has 0 saturated carbocycles. The summed E-state index contributed by atoms with van der Waals surface area (Å²) >= 11 is 0. The maximum Gasteiger partial charge on any atom is 0.203 e. The summed E-state index contributed by atoms with van der Waals surface area (Å²) in [5.41, 5.74) is 6.76. The molecule has 7 nitrogen and oxygen atoms in total. The van der Waals surface area contributed by atoms with Crippen LogP contribution in [0, 0.1) is 0 Å². The molecule has 1 aromatic carbocycles. The molecular formula is C15H26IN3O4.